The van der Waals surface area contributed by atoms with E-state index in [2.05, 4.69) is 24.3 Å². The zero-order chi connectivity index (χ0) is 14.8. The van der Waals surface area contributed by atoms with E-state index in [0.29, 0.717) is 0 Å². The molecule has 0 fully saturated rings. The number of aliphatic hydroxyl groups excluding tert-OH is 2. The molecular formula is C16H16O2S3. The van der Waals surface area contributed by atoms with Crippen LogP contribution in [0.4, 0.5) is 0 Å². The molecule has 0 aliphatic rings. The van der Waals surface area contributed by atoms with Gasteiger partial charge in [-0.25, -0.2) is 0 Å². The van der Waals surface area contributed by atoms with Crippen LogP contribution in [0.3, 0.4) is 0 Å². The molecule has 0 amide bonds. The maximum Gasteiger partial charge on any atom is 0.0879 e. The van der Waals surface area contributed by atoms with Gasteiger partial charge >= 0.3 is 0 Å². The predicted octanol–water partition coefficient (Wildman–Crippen LogP) is 5.14. The molecule has 3 rings (SSSR count). The summed E-state index contributed by atoms with van der Waals surface area (Å²) in [4.78, 5) is 6.86. The first kappa shape index (κ1) is 14.9. The number of rotatable bonds is 5. The zero-order valence-corrected chi connectivity index (χ0v) is 14.0. The lowest BCUT2D eigenvalue weighted by Gasteiger charge is -2.02. The lowest BCUT2D eigenvalue weighted by atomic mass is 10.2. The maximum atomic E-state index is 9.89. The Kier molecular flexibility index (Phi) is 4.57. The standard InChI is InChI=1S/C16H16O2S3/c1-2-11(18)12-5-6-15(20-12)16-8-7-14(21-16)13-4-3-10(9-17)19-13/h3-8,11,17-18H,2,9H2,1H3. The highest BCUT2D eigenvalue weighted by atomic mass is 32.1. The summed E-state index contributed by atoms with van der Waals surface area (Å²) in [5.74, 6) is 0. The molecule has 1 atom stereocenters. The van der Waals surface area contributed by atoms with Crippen LogP contribution in [-0.2, 0) is 6.61 Å². The number of hydrogen-bond donors (Lipinski definition) is 2. The van der Waals surface area contributed by atoms with Gasteiger partial charge < -0.3 is 10.2 Å². The van der Waals surface area contributed by atoms with Gasteiger partial charge in [0.25, 0.3) is 0 Å². The van der Waals surface area contributed by atoms with Gasteiger partial charge in [0, 0.05) is 29.3 Å². The third-order valence-corrected chi connectivity index (χ3v) is 6.98. The average molecular weight is 337 g/mol. The van der Waals surface area contributed by atoms with E-state index < -0.39 is 0 Å². The topological polar surface area (TPSA) is 40.5 Å². The summed E-state index contributed by atoms with van der Waals surface area (Å²) < 4.78 is 0. The van der Waals surface area contributed by atoms with E-state index in [0.717, 1.165) is 16.2 Å². The van der Waals surface area contributed by atoms with Crippen molar-refractivity contribution in [2.24, 2.45) is 0 Å². The van der Waals surface area contributed by atoms with Crippen LogP contribution in [0.25, 0.3) is 19.5 Å². The zero-order valence-electron chi connectivity index (χ0n) is 11.6. The maximum absolute atomic E-state index is 9.89. The van der Waals surface area contributed by atoms with Crippen LogP contribution < -0.4 is 0 Å². The van der Waals surface area contributed by atoms with E-state index in [1.807, 2.05) is 19.1 Å². The Labute approximate surface area is 136 Å². The van der Waals surface area contributed by atoms with Crippen LogP contribution in [0, 0.1) is 0 Å². The number of thiophene rings is 3. The Morgan fingerprint density at radius 3 is 2.05 bits per heavy atom. The molecule has 3 aromatic rings. The summed E-state index contributed by atoms with van der Waals surface area (Å²) in [7, 11) is 0. The van der Waals surface area contributed by atoms with Crippen LogP contribution in [-0.4, -0.2) is 10.2 Å². The summed E-state index contributed by atoms with van der Waals surface area (Å²) in [6.07, 6.45) is 0.391. The van der Waals surface area contributed by atoms with Crippen LogP contribution in [0.5, 0.6) is 0 Å². The first-order chi connectivity index (χ1) is 10.2. The Morgan fingerprint density at radius 2 is 1.43 bits per heavy atom. The highest BCUT2D eigenvalue weighted by Gasteiger charge is 2.12. The Morgan fingerprint density at radius 1 is 0.857 bits per heavy atom. The third-order valence-electron chi connectivity index (χ3n) is 3.25. The molecule has 0 saturated heterocycles. The van der Waals surface area contributed by atoms with Gasteiger partial charge in [-0.05, 0) is 42.8 Å². The minimum atomic E-state index is -0.354. The highest BCUT2D eigenvalue weighted by Crippen LogP contribution is 2.40. The second kappa shape index (κ2) is 6.42. The van der Waals surface area contributed by atoms with Gasteiger partial charge in [-0.1, -0.05) is 6.92 Å². The van der Waals surface area contributed by atoms with Crippen molar-refractivity contribution in [1.82, 2.24) is 0 Å². The summed E-state index contributed by atoms with van der Waals surface area (Å²) in [5, 5.41) is 19.0. The van der Waals surface area contributed by atoms with Gasteiger partial charge in [0.2, 0.25) is 0 Å². The molecule has 5 heteroatoms. The summed E-state index contributed by atoms with van der Waals surface area (Å²) in [6, 6.07) is 12.4. The average Bonchev–Trinajstić information content (AvgIpc) is 3.22. The van der Waals surface area contributed by atoms with Crippen LogP contribution in [0.1, 0.15) is 29.2 Å². The molecule has 110 valence electrons. The molecule has 0 aliphatic heterocycles. The van der Waals surface area contributed by atoms with Crippen molar-refractivity contribution in [1.29, 1.82) is 0 Å². The normalized spacial score (nSPS) is 12.7. The smallest absolute Gasteiger partial charge is 0.0879 e. The van der Waals surface area contributed by atoms with E-state index in [9.17, 15) is 5.11 Å². The second-order valence-corrected chi connectivity index (χ2v) is 8.08. The van der Waals surface area contributed by atoms with Crippen LogP contribution >= 0.6 is 34.0 Å². The summed E-state index contributed by atoms with van der Waals surface area (Å²) >= 11 is 5.05. The van der Waals surface area contributed by atoms with Crippen molar-refractivity contribution in [3.05, 3.63) is 46.2 Å². The molecule has 3 heterocycles. The van der Waals surface area contributed by atoms with Gasteiger partial charge in [-0.15, -0.1) is 34.0 Å². The van der Waals surface area contributed by atoms with Crippen LogP contribution in [0.15, 0.2) is 36.4 Å². The highest BCUT2D eigenvalue weighted by molar-refractivity contribution is 7.26. The van der Waals surface area contributed by atoms with Crippen molar-refractivity contribution in [3.8, 4) is 19.5 Å². The molecule has 3 aromatic heterocycles. The molecule has 0 bridgehead atoms. The Bertz CT molecular complexity index is 723. The monoisotopic (exact) mass is 336 g/mol. The van der Waals surface area contributed by atoms with Crippen molar-refractivity contribution in [2.45, 2.75) is 26.1 Å². The molecule has 2 N–H and O–H groups in total. The second-order valence-electron chi connectivity index (χ2n) is 4.71. The van der Waals surface area contributed by atoms with Crippen molar-refractivity contribution in [2.75, 3.05) is 0 Å². The number of aliphatic hydroxyl groups is 2. The van der Waals surface area contributed by atoms with Gasteiger partial charge in [-0.2, -0.15) is 0 Å². The predicted molar refractivity (Wildman–Crippen MR) is 92.1 cm³/mol. The molecular weight excluding hydrogens is 320 g/mol. The molecule has 0 saturated carbocycles. The summed E-state index contributed by atoms with van der Waals surface area (Å²) in [6.45, 7) is 2.09. The molecule has 1 unspecified atom stereocenters. The lowest BCUT2D eigenvalue weighted by Crippen LogP contribution is -1.89. The van der Waals surface area contributed by atoms with Gasteiger partial charge in [0.05, 0.1) is 12.7 Å². The van der Waals surface area contributed by atoms with Crippen molar-refractivity contribution in [3.63, 3.8) is 0 Å². The fourth-order valence-corrected chi connectivity index (χ4v) is 5.20. The molecule has 21 heavy (non-hydrogen) atoms. The molecule has 0 spiro atoms. The van der Waals surface area contributed by atoms with E-state index in [1.165, 1.54) is 19.5 Å². The first-order valence-corrected chi connectivity index (χ1v) is 9.24. The fraction of sp³-hybridized carbons (Fsp3) is 0.250. The minimum absolute atomic E-state index is 0.103. The molecule has 0 aromatic carbocycles. The van der Waals surface area contributed by atoms with E-state index in [1.54, 1.807) is 34.0 Å². The SMILES string of the molecule is CCC(O)c1ccc(-c2ccc(-c3ccc(CO)s3)s2)s1. The lowest BCUT2D eigenvalue weighted by molar-refractivity contribution is 0.177. The third kappa shape index (κ3) is 3.12. The van der Waals surface area contributed by atoms with Crippen molar-refractivity contribution >= 4 is 34.0 Å². The molecule has 2 nitrogen and oxygen atoms in total. The first-order valence-electron chi connectivity index (χ1n) is 6.79. The Balaban J connectivity index is 1.86. The molecule has 0 radical (unpaired) electrons. The minimum Gasteiger partial charge on any atom is -0.391 e. The van der Waals surface area contributed by atoms with Crippen molar-refractivity contribution < 1.29 is 10.2 Å². The molecule has 0 aliphatic carbocycles. The van der Waals surface area contributed by atoms with Crippen LogP contribution in [0.2, 0.25) is 0 Å². The Hall–Kier alpha value is -0.980. The van der Waals surface area contributed by atoms with Gasteiger partial charge in [-0.3, -0.25) is 0 Å². The largest absolute Gasteiger partial charge is 0.391 e. The fourth-order valence-electron chi connectivity index (χ4n) is 2.06. The quantitative estimate of drug-likeness (QED) is 0.677. The van der Waals surface area contributed by atoms with Gasteiger partial charge in [0.15, 0.2) is 0 Å². The van der Waals surface area contributed by atoms with E-state index in [-0.39, 0.29) is 12.7 Å². The number of hydrogen-bond acceptors (Lipinski definition) is 5. The van der Waals surface area contributed by atoms with Gasteiger partial charge in [0.1, 0.15) is 0 Å². The summed E-state index contributed by atoms with van der Waals surface area (Å²) in [5.41, 5.74) is 0. The van der Waals surface area contributed by atoms with E-state index >= 15 is 0 Å². The van der Waals surface area contributed by atoms with E-state index in [4.69, 9.17) is 5.11 Å².